The maximum atomic E-state index is 4.66. The average Bonchev–Trinajstić information content (AvgIpc) is 3.26. The molecule has 0 unspecified atom stereocenters. The molecule has 120 valence electrons. The highest BCUT2D eigenvalue weighted by atomic mass is 15.3. The highest BCUT2D eigenvalue weighted by molar-refractivity contribution is 5.88. The molecule has 4 aromatic rings. The predicted molar refractivity (Wildman–Crippen MR) is 90.3 cm³/mol. The number of imidazole rings is 1. The minimum atomic E-state index is 0.628. The standard InChI is InChI=1S/C16H16N8/c1-24-16-13(9-21-24)15(19-6-4-12-8-18-10-20-12)22-14(23-16)11-3-2-5-17-7-11/h2-3,5,7-10H,4,6H2,1H3,(H,18,20)(H,19,22,23). The Kier molecular flexibility index (Phi) is 3.62. The summed E-state index contributed by atoms with van der Waals surface area (Å²) in [6.07, 6.45) is 9.60. The number of hydrogen-bond donors (Lipinski definition) is 2. The van der Waals surface area contributed by atoms with E-state index in [1.807, 2.05) is 25.4 Å². The second-order valence-corrected chi connectivity index (χ2v) is 5.40. The second kappa shape index (κ2) is 6.07. The summed E-state index contributed by atoms with van der Waals surface area (Å²) in [4.78, 5) is 20.5. The van der Waals surface area contributed by atoms with Gasteiger partial charge >= 0.3 is 0 Å². The molecule has 4 heterocycles. The van der Waals surface area contributed by atoms with Gasteiger partial charge in [-0.25, -0.2) is 15.0 Å². The summed E-state index contributed by atoms with van der Waals surface area (Å²) >= 11 is 0. The van der Waals surface area contributed by atoms with Crippen molar-refractivity contribution in [2.45, 2.75) is 6.42 Å². The number of nitrogens with one attached hydrogen (secondary N) is 2. The Hall–Kier alpha value is -3.29. The van der Waals surface area contributed by atoms with Crippen molar-refractivity contribution >= 4 is 16.9 Å². The molecule has 24 heavy (non-hydrogen) atoms. The van der Waals surface area contributed by atoms with Gasteiger partial charge < -0.3 is 10.3 Å². The van der Waals surface area contributed by atoms with E-state index in [1.165, 1.54) is 0 Å². The quantitative estimate of drug-likeness (QED) is 0.582. The van der Waals surface area contributed by atoms with Crippen LogP contribution in [0.3, 0.4) is 0 Å². The van der Waals surface area contributed by atoms with E-state index < -0.39 is 0 Å². The number of H-pyrrole nitrogens is 1. The number of aromatic amines is 1. The van der Waals surface area contributed by atoms with Gasteiger partial charge in [-0.2, -0.15) is 5.10 Å². The number of aryl methyl sites for hydroxylation is 1. The van der Waals surface area contributed by atoms with Crippen molar-refractivity contribution < 1.29 is 0 Å². The Labute approximate surface area is 138 Å². The Bertz CT molecular complexity index is 943. The van der Waals surface area contributed by atoms with Crippen LogP contribution >= 0.6 is 0 Å². The fraction of sp³-hybridized carbons (Fsp3) is 0.188. The van der Waals surface area contributed by atoms with E-state index in [0.717, 1.165) is 41.1 Å². The summed E-state index contributed by atoms with van der Waals surface area (Å²) in [5, 5.41) is 8.57. The highest BCUT2D eigenvalue weighted by Gasteiger charge is 2.12. The summed E-state index contributed by atoms with van der Waals surface area (Å²) in [6.45, 7) is 0.732. The zero-order chi connectivity index (χ0) is 16.4. The maximum Gasteiger partial charge on any atom is 0.165 e. The van der Waals surface area contributed by atoms with Gasteiger partial charge in [-0.1, -0.05) is 0 Å². The lowest BCUT2D eigenvalue weighted by Gasteiger charge is -2.08. The number of rotatable bonds is 5. The van der Waals surface area contributed by atoms with E-state index in [-0.39, 0.29) is 0 Å². The van der Waals surface area contributed by atoms with Crippen LogP contribution in [0.2, 0.25) is 0 Å². The zero-order valence-electron chi connectivity index (χ0n) is 13.1. The number of anilines is 1. The van der Waals surface area contributed by atoms with Gasteiger partial charge in [0.15, 0.2) is 11.5 Å². The Morgan fingerprint density at radius 3 is 2.92 bits per heavy atom. The Morgan fingerprint density at radius 2 is 2.12 bits per heavy atom. The fourth-order valence-corrected chi connectivity index (χ4v) is 2.52. The van der Waals surface area contributed by atoms with Gasteiger partial charge in [0.05, 0.1) is 17.9 Å². The van der Waals surface area contributed by atoms with Crippen molar-refractivity contribution in [3.8, 4) is 11.4 Å². The van der Waals surface area contributed by atoms with Gasteiger partial charge in [-0.3, -0.25) is 9.67 Å². The van der Waals surface area contributed by atoms with Gasteiger partial charge in [0.25, 0.3) is 0 Å². The first-order chi connectivity index (χ1) is 11.8. The molecule has 0 atom stereocenters. The molecular weight excluding hydrogens is 304 g/mol. The van der Waals surface area contributed by atoms with Crippen molar-refractivity contribution in [2.24, 2.45) is 7.05 Å². The molecule has 2 N–H and O–H groups in total. The monoisotopic (exact) mass is 320 g/mol. The van der Waals surface area contributed by atoms with Crippen LogP contribution in [0.15, 0.2) is 43.2 Å². The molecule has 8 nitrogen and oxygen atoms in total. The molecule has 8 heteroatoms. The summed E-state index contributed by atoms with van der Waals surface area (Å²) in [7, 11) is 1.87. The minimum absolute atomic E-state index is 0.628. The van der Waals surface area contributed by atoms with Gasteiger partial charge in [0, 0.05) is 49.9 Å². The van der Waals surface area contributed by atoms with Crippen LogP contribution in [-0.2, 0) is 13.5 Å². The number of fused-ring (bicyclic) bond motifs is 1. The smallest absolute Gasteiger partial charge is 0.165 e. The topological polar surface area (TPSA) is 97.2 Å². The number of pyridine rings is 1. The zero-order valence-corrected chi connectivity index (χ0v) is 13.1. The molecule has 0 saturated heterocycles. The number of aromatic nitrogens is 7. The van der Waals surface area contributed by atoms with Crippen molar-refractivity contribution in [1.82, 2.24) is 34.7 Å². The first kappa shape index (κ1) is 14.3. The third-order valence-electron chi connectivity index (χ3n) is 3.75. The number of hydrogen-bond acceptors (Lipinski definition) is 6. The molecule has 0 amide bonds. The van der Waals surface area contributed by atoms with E-state index >= 15 is 0 Å². The summed E-state index contributed by atoms with van der Waals surface area (Å²) < 4.78 is 1.75. The largest absolute Gasteiger partial charge is 0.369 e. The van der Waals surface area contributed by atoms with Crippen LogP contribution < -0.4 is 5.32 Å². The van der Waals surface area contributed by atoms with Gasteiger partial charge in [0.2, 0.25) is 0 Å². The molecule has 0 aromatic carbocycles. The molecule has 0 saturated carbocycles. The lowest BCUT2D eigenvalue weighted by Crippen LogP contribution is -2.08. The van der Waals surface area contributed by atoms with Crippen LogP contribution in [0.25, 0.3) is 22.4 Å². The first-order valence-corrected chi connectivity index (χ1v) is 7.62. The summed E-state index contributed by atoms with van der Waals surface area (Å²) in [5.41, 5.74) is 2.73. The van der Waals surface area contributed by atoms with Crippen LogP contribution in [-0.4, -0.2) is 41.2 Å². The van der Waals surface area contributed by atoms with Crippen molar-refractivity contribution in [1.29, 1.82) is 0 Å². The first-order valence-electron chi connectivity index (χ1n) is 7.62. The van der Waals surface area contributed by atoms with Crippen molar-refractivity contribution in [2.75, 3.05) is 11.9 Å². The molecule has 0 bridgehead atoms. The minimum Gasteiger partial charge on any atom is -0.369 e. The molecule has 0 spiro atoms. The second-order valence-electron chi connectivity index (χ2n) is 5.40. The van der Waals surface area contributed by atoms with E-state index in [9.17, 15) is 0 Å². The van der Waals surface area contributed by atoms with E-state index in [2.05, 4.69) is 35.3 Å². The average molecular weight is 320 g/mol. The van der Waals surface area contributed by atoms with Crippen LogP contribution in [0.5, 0.6) is 0 Å². The molecule has 0 aliphatic rings. The van der Waals surface area contributed by atoms with Gasteiger partial charge in [0.1, 0.15) is 5.82 Å². The normalized spacial score (nSPS) is 11.0. The van der Waals surface area contributed by atoms with E-state index in [1.54, 1.807) is 29.6 Å². The van der Waals surface area contributed by atoms with E-state index in [0.29, 0.717) is 5.82 Å². The van der Waals surface area contributed by atoms with Gasteiger partial charge in [-0.15, -0.1) is 0 Å². The Morgan fingerprint density at radius 1 is 1.17 bits per heavy atom. The molecule has 0 radical (unpaired) electrons. The SMILES string of the molecule is Cn1ncc2c(NCCc3cnc[nH]3)nc(-c3cccnc3)nc21. The summed E-state index contributed by atoms with van der Waals surface area (Å²) in [5.74, 6) is 1.40. The van der Waals surface area contributed by atoms with Gasteiger partial charge in [-0.05, 0) is 12.1 Å². The lowest BCUT2D eigenvalue weighted by atomic mass is 10.2. The predicted octanol–water partition coefficient (Wildman–Crippen LogP) is 1.80. The molecule has 0 aliphatic heterocycles. The molecule has 4 rings (SSSR count). The van der Waals surface area contributed by atoms with Crippen molar-refractivity contribution in [3.63, 3.8) is 0 Å². The van der Waals surface area contributed by atoms with Crippen LogP contribution in [0.1, 0.15) is 5.69 Å². The van der Waals surface area contributed by atoms with Crippen LogP contribution in [0.4, 0.5) is 5.82 Å². The maximum absolute atomic E-state index is 4.66. The third-order valence-corrected chi connectivity index (χ3v) is 3.75. The molecule has 4 aromatic heterocycles. The Balaban J connectivity index is 1.67. The van der Waals surface area contributed by atoms with Crippen LogP contribution in [0, 0.1) is 0 Å². The molecule has 0 aliphatic carbocycles. The molecular formula is C16H16N8. The number of nitrogens with zero attached hydrogens (tertiary/aromatic N) is 6. The lowest BCUT2D eigenvalue weighted by molar-refractivity contribution is 0.786. The van der Waals surface area contributed by atoms with Crippen molar-refractivity contribution in [3.05, 3.63) is 48.9 Å². The summed E-state index contributed by atoms with van der Waals surface area (Å²) in [6, 6.07) is 3.82. The molecule has 0 fully saturated rings. The highest BCUT2D eigenvalue weighted by Crippen LogP contribution is 2.24. The fourth-order valence-electron chi connectivity index (χ4n) is 2.52. The third kappa shape index (κ3) is 2.69. The van der Waals surface area contributed by atoms with E-state index in [4.69, 9.17) is 0 Å².